The van der Waals surface area contributed by atoms with Crippen LogP contribution in [0.25, 0.3) is 0 Å². The summed E-state index contributed by atoms with van der Waals surface area (Å²) in [6.45, 7) is 9.22. The van der Waals surface area contributed by atoms with Crippen LogP contribution in [-0.4, -0.2) is 29.6 Å². The van der Waals surface area contributed by atoms with E-state index in [4.69, 9.17) is 5.73 Å². The van der Waals surface area contributed by atoms with E-state index in [0.29, 0.717) is 5.54 Å². The zero-order valence-electron chi connectivity index (χ0n) is 12.6. The van der Waals surface area contributed by atoms with Crippen molar-refractivity contribution in [3.8, 4) is 0 Å². The molecule has 2 nitrogen and oxygen atoms in total. The van der Waals surface area contributed by atoms with Crippen molar-refractivity contribution in [2.24, 2.45) is 17.6 Å². The van der Waals surface area contributed by atoms with Crippen LogP contribution >= 0.6 is 0 Å². The third kappa shape index (κ3) is 3.27. The van der Waals surface area contributed by atoms with Gasteiger partial charge in [0.2, 0.25) is 0 Å². The summed E-state index contributed by atoms with van der Waals surface area (Å²) in [4.78, 5) is 2.82. The Morgan fingerprint density at radius 2 is 2.00 bits per heavy atom. The molecule has 2 atom stereocenters. The molecule has 0 aromatic carbocycles. The van der Waals surface area contributed by atoms with Crippen molar-refractivity contribution >= 4 is 0 Å². The fourth-order valence-corrected chi connectivity index (χ4v) is 3.79. The van der Waals surface area contributed by atoms with E-state index in [0.717, 1.165) is 24.4 Å². The van der Waals surface area contributed by atoms with E-state index in [2.05, 4.69) is 25.7 Å². The second kappa shape index (κ2) is 5.92. The largest absolute Gasteiger partial charge is 0.329 e. The molecular weight excluding hydrogens is 220 g/mol. The van der Waals surface area contributed by atoms with Gasteiger partial charge in [-0.3, -0.25) is 4.90 Å². The monoisotopic (exact) mass is 252 g/mol. The molecule has 0 aliphatic heterocycles. The van der Waals surface area contributed by atoms with Gasteiger partial charge in [0.05, 0.1) is 0 Å². The lowest BCUT2D eigenvalue weighted by Gasteiger charge is -2.48. The van der Waals surface area contributed by atoms with Gasteiger partial charge in [-0.2, -0.15) is 0 Å². The van der Waals surface area contributed by atoms with E-state index in [1.54, 1.807) is 0 Å². The van der Waals surface area contributed by atoms with Crippen LogP contribution in [0.5, 0.6) is 0 Å². The average molecular weight is 252 g/mol. The second-order valence-corrected chi connectivity index (χ2v) is 7.24. The smallest absolute Gasteiger partial charge is 0.0337 e. The molecule has 0 aromatic heterocycles. The molecule has 2 heteroatoms. The summed E-state index contributed by atoms with van der Waals surface area (Å²) in [5, 5.41) is 0. The lowest BCUT2D eigenvalue weighted by Crippen LogP contribution is -2.57. The topological polar surface area (TPSA) is 29.3 Å². The summed E-state index contributed by atoms with van der Waals surface area (Å²) < 4.78 is 0. The lowest BCUT2D eigenvalue weighted by atomic mass is 9.75. The van der Waals surface area contributed by atoms with E-state index in [1.807, 2.05) is 0 Å². The van der Waals surface area contributed by atoms with Gasteiger partial charge in [-0.15, -0.1) is 0 Å². The van der Waals surface area contributed by atoms with Crippen LogP contribution in [0.15, 0.2) is 0 Å². The van der Waals surface area contributed by atoms with Gasteiger partial charge in [-0.05, 0) is 50.5 Å². The summed E-state index contributed by atoms with van der Waals surface area (Å²) in [5.41, 5.74) is 6.57. The average Bonchev–Trinajstić information content (AvgIpc) is 3.13. The Hall–Kier alpha value is -0.0800. The van der Waals surface area contributed by atoms with Crippen LogP contribution in [0, 0.1) is 11.8 Å². The fourth-order valence-electron chi connectivity index (χ4n) is 3.79. The Bertz CT molecular complexity index is 260. The highest BCUT2D eigenvalue weighted by Gasteiger charge is 2.44. The van der Waals surface area contributed by atoms with Crippen molar-refractivity contribution in [1.29, 1.82) is 0 Å². The van der Waals surface area contributed by atoms with Crippen LogP contribution in [0.3, 0.4) is 0 Å². The van der Waals surface area contributed by atoms with Gasteiger partial charge in [0.15, 0.2) is 0 Å². The van der Waals surface area contributed by atoms with E-state index >= 15 is 0 Å². The molecule has 0 bridgehead atoms. The van der Waals surface area contributed by atoms with Crippen molar-refractivity contribution in [1.82, 2.24) is 4.90 Å². The molecule has 0 heterocycles. The van der Waals surface area contributed by atoms with Crippen molar-refractivity contribution in [3.05, 3.63) is 0 Å². The lowest BCUT2D eigenvalue weighted by molar-refractivity contribution is 0.0284. The van der Waals surface area contributed by atoms with Crippen LogP contribution in [0.1, 0.15) is 65.7 Å². The van der Waals surface area contributed by atoms with Gasteiger partial charge in [-0.1, -0.05) is 33.6 Å². The molecule has 0 radical (unpaired) electrons. The standard InChI is InChI=1S/C16H32N2/c1-13(2)8-10-18(15-6-7-15)16(12-17)9-4-5-14(3)11-16/h13-15H,4-12,17H2,1-3H3. The first-order valence-electron chi connectivity index (χ1n) is 8.04. The molecule has 2 aliphatic carbocycles. The molecule has 2 N–H and O–H groups in total. The first kappa shape index (κ1) is 14.3. The van der Waals surface area contributed by atoms with Crippen molar-refractivity contribution in [2.75, 3.05) is 13.1 Å². The minimum atomic E-state index is 0.341. The number of rotatable bonds is 6. The zero-order chi connectivity index (χ0) is 13.2. The normalized spacial score (nSPS) is 33.3. The third-order valence-electron chi connectivity index (χ3n) is 4.99. The first-order valence-corrected chi connectivity index (χ1v) is 8.04. The van der Waals surface area contributed by atoms with Gasteiger partial charge >= 0.3 is 0 Å². The highest BCUT2D eigenvalue weighted by Crippen LogP contribution is 2.42. The van der Waals surface area contributed by atoms with Crippen LogP contribution < -0.4 is 5.73 Å². The maximum absolute atomic E-state index is 6.23. The molecule has 2 saturated carbocycles. The second-order valence-electron chi connectivity index (χ2n) is 7.24. The molecule has 2 rings (SSSR count). The summed E-state index contributed by atoms with van der Waals surface area (Å²) in [6, 6.07) is 0.859. The number of hydrogen-bond donors (Lipinski definition) is 1. The maximum atomic E-state index is 6.23. The number of nitrogens with two attached hydrogens (primary N) is 1. The molecule has 2 aliphatic rings. The molecule has 0 aromatic rings. The number of nitrogens with zero attached hydrogens (tertiary/aromatic N) is 1. The van der Waals surface area contributed by atoms with Crippen LogP contribution in [0.4, 0.5) is 0 Å². The fraction of sp³-hybridized carbons (Fsp3) is 1.00. The molecule has 2 fully saturated rings. The maximum Gasteiger partial charge on any atom is 0.0337 e. The van der Waals surface area contributed by atoms with Gasteiger partial charge in [0, 0.05) is 18.1 Å². The third-order valence-corrected chi connectivity index (χ3v) is 4.99. The van der Waals surface area contributed by atoms with E-state index in [-0.39, 0.29) is 0 Å². The predicted molar refractivity (Wildman–Crippen MR) is 78.6 cm³/mol. The summed E-state index contributed by atoms with van der Waals surface area (Å²) in [6.07, 6.45) is 9.60. The molecule has 106 valence electrons. The first-order chi connectivity index (χ1) is 8.57. The minimum Gasteiger partial charge on any atom is -0.329 e. The highest BCUT2D eigenvalue weighted by atomic mass is 15.3. The Morgan fingerprint density at radius 1 is 1.28 bits per heavy atom. The van der Waals surface area contributed by atoms with Crippen molar-refractivity contribution < 1.29 is 0 Å². The van der Waals surface area contributed by atoms with Crippen LogP contribution in [-0.2, 0) is 0 Å². The zero-order valence-corrected chi connectivity index (χ0v) is 12.6. The number of hydrogen-bond acceptors (Lipinski definition) is 2. The minimum absolute atomic E-state index is 0.341. The Kier molecular flexibility index (Phi) is 4.71. The quantitative estimate of drug-likeness (QED) is 0.785. The van der Waals surface area contributed by atoms with E-state index < -0.39 is 0 Å². The van der Waals surface area contributed by atoms with Gasteiger partial charge in [-0.25, -0.2) is 0 Å². The van der Waals surface area contributed by atoms with Crippen molar-refractivity contribution in [2.45, 2.75) is 77.3 Å². The van der Waals surface area contributed by atoms with Crippen molar-refractivity contribution in [3.63, 3.8) is 0 Å². The molecule has 2 unspecified atom stereocenters. The molecule has 0 amide bonds. The molecular formula is C16H32N2. The summed E-state index contributed by atoms with van der Waals surface area (Å²) in [7, 11) is 0. The van der Waals surface area contributed by atoms with E-state index in [1.165, 1.54) is 51.5 Å². The SMILES string of the molecule is CC(C)CCN(C1CC1)C1(CN)CCCC(C)C1. The Morgan fingerprint density at radius 3 is 2.50 bits per heavy atom. The van der Waals surface area contributed by atoms with Gasteiger partial charge in [0.1, 0.15) is 0 Å². The predicted octanol–water partition coefficient (Wildman–Crippen LogP) is 3.40. The van der Waals surface area contributed by atoms with Crippen LogP contribution in [0.2, 0.25) is 0 Å². The van der Waals surface area contributed by atoms with E-state index in [9.17, 15) is 0 Å². The van der Waals surface area contributed by atoms with Gasteiger partial charge < -0.3 is 5.73 Å². The highest BCUT2D eigenvalue weighted by molar-refractivity contribution is 5.01. The molecule has 18 heavy (non-hydrogen) atoms. The summed E-state index contributed by atoms with van der Waals surface area (Å²) in [5.74, 6) is 1.67. The molecule has 0 spiro atoms. The molecule has 0 saturated heterocycles. The summed E-state index contributed by atoms with van der Waals surface area (Å²) >= 11 is 0. The Labute approximate surface area is 113 Å². The van der Waals surface area contributed by atoms with Gasteiger partial charge in [0.25, 0.3) is 0 Å². The Balaban J connectivity index is 2.05.